The van der Waals surface area contributed by atoms with E-state index in [9.17, 15) is 20.3 Å². The van der Waals surface area contributed by atoms with E-state index >= 15 is 0 Å². The van der Waals surface area contributed by atoms with Crippen LogP contribution in [-0.2, 0) is 4.74 Å². The fourth-order valence-electron chi connectivity index (χ4n) is 2.20. The second-order valence-electron chi connectivity index (χ2n) is 4.54. The van der Waals surface area contributed by atoms with Gasteiger partial charge in [0.05, 0.1) is 12.2 Å². The molecule has 112 valence electrons. The summed E-state index contributed by atoms with van der Waals surface area (Å²) in [4.78, 5) is 15.7. The third-order valence-electron chi connectivity index (χ3n) is 3.28. The van der Waals surface area contributed by atoms with Gasteiger partial charge in [0, 0.05) is 6.20 Å². The van der Waals surface area contributed by atoms with Gasteiger partial charge < -0.3 is 26.0 Å². The highest BCUT2D eigenvalue weighted by Gasteiger charge is 2.61. The Bertz CT molecular complexity index is 554. The topological polar surface area (TPSA) is 182 Å². The second-order valence-corrected chi connectivity index (χ2v) is 4.54. The molecule has 0 aliphatic carbocycles. The van der Waals surface area contributed by atoms with Gasteiger partial charge in [0.2, 0.25) is 4.91 Å². The number of ether oxygens (including phenoxy) is 1. The van der Waals surface area contributed by atoms with Crippen LogP contribution >= 0.6 is 0 Å². The Balaban J connectivity index is 2.36. The summed E-state index contributed by atoms with van der Waals surface area (Å²) in [6.45, 7) is -0.802. The second kappa shape index (κ2) is 5.57. The molecule has 0 spiro atoms. The smallest absolute Gasteiger partial charge is 0.325 e. The molecule has 0 saturated carbocycles. The van der Waals surface area contributed by atoms with Gasteiger partial charge in [-0.25, -0.2) is 4.79 Å². The Morgan fingerprint density at radius 2 is 2.48 bits per heavy atom. The lowest BCUT2D eigenvalue weighted by Gasteiger charge is -2.31. The molecule has 0 aromatic heterocycles. The minimum Gasteiger partial charge on any atom is -0.391 e. The number of amides is 2. The number of nitriles is 1. The lowest BCUT2D eigenvalue weighted by molar-refractivity contribution is -0.131. The molecule has 5 atom stereocenters. The number of nitrogens with two attached hydrogens (primary N) is 1. The standard InChI is InChI=1S/C10H13N7O4/c11-3-5-7(19)10(4-18,15-16-13)21-8(5)17-2-1-6(12)14-9(17)20/h1-2,5-8,13,18-19H,4,12H2/p+1/t5-,6?,7-,8+,10+/m0/s1. The van der Waals surface area contributed by atoms with Crippen molar-refractivity contribution in [3.05, 3.63) is 12.3 Å². The molecule has 2 aliphatic heterocycles. The quantitative estimate of drug-likeness (QED) is 0.293. The van der Waals surface area contributed by atoms with E-state index in [-0.39, 0.29) is 0 Å². The molecule has 2 heterocycles. The zero-order valence-corrected chi connectivity index (χ0v) is 10.7. The van der Waals surface area contributed by atoms with Crippen LogP contribution in [0.1, 0.15) is 0 Å². The third kappa shape index (κ3) is 2.38. The van der Waals surface area contributed by atoms with E-state index in [2.05, 4.69) is 15.3 Å². The van der Waals surface area contributed by atoms with Crippen LogP contribution in [0, 0.1) is 22.8 Å². The zero-order valence-electron chi connectivity index (χ0n) is 10.7. The normalized spacial score (nSPS) is 38.6. The highest BCUT2D eigenvalue weighted by Crippen LogP contribution is 2.38. The lowest BCUT2D eigenvalue weighted by atomic mass is 9.97. The summed E-state index contributed by atoms with van der Waals surface area (Å²) in [5, 5.41) is 34.4. The Morgan fingerprint density at radius 3 is 3.00 bits per heavy atom. The number of hydrogen-bond acceptors (Lipinski definition) is 8. The predicted molar refractivity (Wildman–Crippen MR) is 64.6 cm³/mol. The zero-order chi connectivity index (χ0) is 15.6. The Hall–Kier alpha value is -2.35. The van der Waals surface area contributed by atoms with Gasteiger partial charge in [-0.05, 0) is 6.08 Å². The van der Waals surface area contributed by atoms with Crippen molar-refractivity contribution in [3.63, 3.8) is 0 Å². The van der Waals surface area contributed by atoms with Crippen molar-refractivity contribution in [1.29, 1.82) is 10.8 Å². The lowest BCUT2D eigenvalue weighted by Crippen LogP contribution is -2.54. The number of carbonyl (C=O) groups excluding carboxylic acids is 1. The molecule has 1 fully saturated rings. The van der Waals surface area contributed by atoms with E-state index < -0.39 is 42.8 Å². The molecule has 2 amide bonds. The fourth-order valence-corrected chi connectivity index (χ4v) is 2.20. The average molecular weight is 296 g/mol. The van der Waals surface area contributed by atoms with Gasteiger partial charge in [0.15, 0.2) is 11.3 Å². The van der Waals surface area contributed by atoms with Crippen LogP contribution in [0.5, 0.6) is 0 Å². The average Bonchev–Trinajstić information content (AvgIpc) is 2.72. The number of carbonyl (C=O) groups is 1. The number of nitrogens with zero attached hydrogens (tertiary/aromatic N) is 4. The molecule has 2 aliphatic rings. The van der Waals surface area contributed by atoms with Gasteiger partial charge in [-0.2, -0.15) is 5.26 Å². The van der Waals surface area contributed by atoms with Gasteiger partial charge in [-0.15, -0.1) is 0 Å². The maximum absolute atomic E-state index is 11.9. The first-order valence-corrected chi connectivity index (χ1v) is 5.97. The summed E-state index contributed by atoms with van der Waals surface area (Å²) in [5.41, 5.74) is 10.3. The Kier molecular flexibility index (Phi) is 3.99. The van der Waals surface area contributed by atoms with Crippen LogP contribution < -0.4 is 16.0 Å². The summed E-state index contributed by atoms with van der Waals surface area (Å²) in [5.74, 6) is -1.19. The van der Waals surface area contributed by atoms with Crippen LogP contribution in [0.25, 0.3) is 0 Å². The number of urea groups is 1. The highest BCUT2D eigenvalue weighted by atomic mass is 16.6. The van der Waals surface area contributed by atoms with Crippen molar-refractivity contribution in [2.75, 3.05) is 6.61 Å². The van der Waals surface area contributed by atoms with Crippen molar-refractivity contribution in [2.24, 2.45) is 16.8 Å². The first kappa shape index (κ1) is 15.0. The van der Waals surface area contributed by atoms with Crippen molar-refractivity contribution in [3.8, 4) is 6.07 Å². The van der Waals surface area contributed by atoms with Crippen LogP contribution in [-0.4, -0.2) is 52.0 Å². The molecular formula is C10H14N7O4+. The minimum absolute atomic E-state index is 0.626. The van der Waals surface area contributed by atoms with E-state index in [0.717, 1.165) is 4.90 Å². The monoisotopic (exact) mass is 296 g/mol. The molecule has 11 nitrogen and oxygen atoms in total. The van der Waals surface area contributed by atoms with Crippen molar-refractivity contribution < 1.29 is 19.7 Å². The van der Waals surface area contributed by atoms with Crippen molar-refractivity contribution in [2.45, 2.75) is 24.2 Å². The van der Waals surface area contributed by atoms with Crippen LogP contribution in [0.15, 0.2) is 17.4 Å². The molecule has 0 bridgehead atoms. The first-order valence-electron chi connectivity index (χ1n) is 5.97. The Morgan fingerprint density at radius 1 is 1.76 bits per heavy atom. The van der Waals surface area contributed by atoms with Crippen LogP contribution in [0.4, 0.5) is 4.79 Å². The molecule has 0 aromatic rings. The largest absolute Gasteiger partial charge is 0.391 e. The predicted octanol–water partition coefficient (Wildman–Crippen LogP) is -2.09. The van der Waals surface area contributed by atoms with Gasteiger partial charge >= 0.3 is 6.03 Å². The van der Waals surface area contributed by atoms with Crippen molar-refractivity contribution in [1.82, 2.24) is 15.1 Å². The fraction of sp³-hybridized carbons (Fsp3) is 0.600. The maximum atomic E-state index is 11.9. The SMILES string of the molecule is N#C[C@@H]1[C@H](N2C=CC(N)NC2=O)O[C@@](CO)(N=[N+]=N)[C@H]1O. The van der Waals surface area contributed by atoms with Gasteiger partial charge in [-0.1, -0.05) is 0 Å². The molecule has 0 aromatic carbocycles. The van der Waals surface area contributed by atoms with E-state index in [1.807, 2.05) is 0 Å². The van der Waals surface area contributed by atoms with Gasteiger partial charge in [-0.3, -0.25) is 4.90 Å². The molecule has 0 radical (unpaired) electrons. The van der Waals surface area contributed by atoms with Crippen LogP contribution in [0.2, 0.25) is 0 Å². The summed E-state index contributed by atoms with van der Waals surface area (Å²) >= 11 is 0. The van der Waals surface area contributed by atoms with Gasteiger partial charge in [0.25, 0.3) is 5.72 Å². The van der Waals surface area contributed by atoms with E-state index in [0.29, 0.717) is 0 Å². The molecule has 11 heteroatoms. The number of nitrogens with one attached hydrogen (secondary N) is 2. The summed E-state index contributed by atoms with van der Waals surface area (Å²) < 4.78 is 5.37. The van der Waals surface area contributed by atoms with E-state index in [1.165, 1.54) is 12.3 Å². The molecular weight excluding hydrogens is 282 g/mol. The molecule has 6 N–H and O–H groups in total. The van der Waals surface area contributed by atoms with Crippen molar-refractivity contribution >= 4 is 6.03 Å². The first-order chi connectivity index (χ1) is 9.99. The number of rotatable bonds is 3. The van der Waals surface area contributed by atoms with Gasteiger partial charge in [0.1, 0.15) is 24.2 Å². The Labute approximate surface area is 118 Å². The van der Waals surface area contributed by atoms with E-state index in [1.54, 1.807) is 6.07 Å². The van der Waals surface area contributed by atoms with E-state index in [4.69, 9.17) is 16.0 Å². The summed E-state index contributed by atoms with van der Waals surface area (Å²) in [6, 6.07) is 1.18. The molecule has 1 saturated heterocycles. The maximum Gasteiger partial charge on any atom is 0.325 e. The third-order valence-corrected chi connectivity index (χ3v) is 3.28. The molecule has 21 heavy (non-hydrogen) atoms. The molecule has 1 unspecified atom stereocenters. The number of aliphatic hydroxyl groups excluding tert-OH is 2. The summed E-state index contributed by atoms with van der Waals surface area (Å²) in [6.07, 6.45) is -0.654. The minimum atomic E-state index is -1.96. The number of hydrogen-bond donors (Lipinski definition) is 5. The molecule has 2 rings (SSSR count). The number of aliphatic hydroxyl groups is 2. The van der Waals surface area contributed by atoms with Crippen LogP contribution in [0.3, 0.4) is 0 Å². The highest BCUT2D eigenvalue weighted by molar-refractivity contribution is 5.77. The summed E-state index contributed by atoms with van der Waals surface area (Å²) in [7, 11) is 0.